The average molecular weight is 362 g/mol. The Hall–Kier alpha value is -1.71. The molecule has 2 fully saturated rings. The van der Waals surface area contributed by atoms with Crippen molar-refractivity contribution in [2.75, 3.05) is 0 Å². The predicted molar refractivity (Wildman–Crippen MR) is 97.9 cm³/mol. The fourth-order valence-corrected chi connectivity index (χ4v) is 4.86. The van der Waals surface area contributed by atoms with Crippen LogP contribution in [0.5, 0.6) is 0 Å². The number of carbonyl (C=O) groups is 1. The molecule has 2 nitrogen and oxygen atoms in total. The van der Waals surface area contributed by atoms with E-state index in [-0.39, 0.29) is 6.42 Å². The Labute approximate surface area is 154 Å². The Morgan fingerprint density at radius 2 is 1.58 bits per heavy atom. The third-order valence-corrected chi connectivity index (χ3v) is 6.37. The first-order valence-electron chi connectivity index (χ1n) is 9.86. The van der Waals surface area contributed by atoms with Crippen LogP contribution < -0.4 is 0 Å². The van der Waals surface area contributed by atoms with E-state index in [4.69, 9.17) is 5.11 Å². The fraction of sp³-hybridized carbons (Fsp3) is 0.591. The summed E-state index contributed by atoms with van der Waals surface area (Å²) in [4.78, 5) is 10.6. The van der Waals surface area contributed by atoms with Crippen molar-refractivity contribution in [3.05, 3.63) is 47.5 Å². The summed E-state index contributed by atoms with van der Waals surface area (Å²) in [6.45, 7) is 0. The summed E-state index contributed by atoms with van der Waals surface area (Å²) in [6, 6.07) is 4.35. The van der Waals surface area contributed by atoms with Gasteiger partial charge in [-0.05, 0) is 92.7 Å². The highest BCUT2D eigenvalue weighted by atomic mass is 19.2. The monoisotopic (exact) mass is 362 g/mol. The van der Waals surface area contributed by atoms with E-state index >= 15 is 0 Å². The molecule has 26 heavy (non-hydrogen) atoms. The molecular weight excluding hydrogens is 334 g/mol. The highest BCUT2D eigenvalue weighted by Crippen LogP contribution is 2.44. The van der Waals surface area contributed by atoms with E-state index in [1.165, 1.54) is 37.8 Å². The molecule has 1 aromatic rings. The number of allylic oxidation sites excluding steroid dienone is 1. The molecule has 2 aliphatic carbocycles. The third-order valence-electron chi connectivity index (χ3n) is 6.37. The van der Waals surface area contributed by atoms with E-state index in [0.717, 1.165) is 43.1 Å². The zero-order valence-electron chi connectivity index (χ0n) is 15.2. The normalized spacial score (nSPS) is 29.8. The lowest BCUT2D eigenvalue weighted by molar-refractivity contribution is -0.136. The minimum absolute atomic E-state index is 0.119. The van der Waals surface area contributed by atoms with Gasteiger partial charge >= 0.3 is 5.97 Å². The number of carboxylic acid groups (broad SMARTS) is 1. The number of rotatable bonds is 5. The lowest BCUT2D eigenvalue weighted by Gasteiger charge is -2.37. The van der Waals surface area contributed by atoms with Gasteiger partial charge in [0.2, 0.25) is 0 Å². The van der Waals surface area contributed by atoms with E-state index in [1.54, 1.807) is 12.1 Å². The SMILES string of the molecule is O=C(O)CC=C[C@H]1CC[C@H]([C@H]2CC[C@H](c3ccc(F)c(F)c3)CC2)CC1. The van der Waals surface area contributed by atoms with Gasteiger partial charge in [0.05, 0.1) is 6.42 Å². The first kappa shape index (κ1) is 19.1. The Morgan fingerprint density at radius 3 is 2.15 bits per heavy atom. The minimum Gasteiger partial charge on any atom is -0.481 e. The third kappa shape index (κ3) is 4.93. The smallest absolute Gasteiger partial charge is 0.307 e. The quantitative estimate of drug-likeness (QED) is 0.645. The molecule has 0 spiro atoms. The number of benzene rings is 1. The van der Waals surface area contributed by atoms with Gasteiger partial charge in [0.1, 0.15) is 0 Å². The molecule has 3 rings (SSSR count). The van der Waals surface area contributed by atoms with Gasteiger partial charge in [-0.2, -0.15) is 0 Å². The summed E-state index contributed by atoms with van der Waals surface area (Å²) >= 11 is 0. The second-order valence-electron chi connectivity index (χ2n) is 7.99. The number of carboxylic acids is 1. The molecule has 0 heterocycles. The highest BCUT2D eigenvalue weighted by molar-refractivity contribution is 5.68. The summed E-state index contributed by atoms with van der Waals surface area (Å²) in [7, 11) is 0. The fourth-order valence-electron chi connectivity index (χ4n) is 4.86. The van der Waals surface area contributed by atoms with E-state index in [9.17, 15) is 13.6 Å². The van der Waals surface area contributed by atoms with Gasteiger partial charge in [0.25, 0.3) is 0 Å². The van der Waals surface area contributed by atoms with Crippen LogP contribution in [0.15, 0.2) is 30.4 Å². The first-order chi connectivity index (χ1) is 12.5. The van der Waals surface area contributed by atoms with Crippen molar-refractivity contribution >= 4 is 5.97 Å². The van der Waals surface area contributed by atoms with Gasteiger partial charge in [-0.25, -0.2) is 8.78 Å². The summed E-state index contributed by atoms with van der Waals surface area (Å²) < 4.78 is 26.6. The summed E-state index contributed by atoms with van der Waals surface area (Å²) in [5.41, 5.74) is 0.939. The molecule has 0 amide bonds. The van der Waals surface area contributed by atoms with Crippen LogP contribution in [0.1, 0.15) is 69.3 Å². The maximum absolute atomic E-state index is 13.5. The molecule has 2 saturated carbocycles. The Bertz CT molecular complexity index is 640. The van der Waals surface area contributed by atoms with Crippen LogP contribution in [0.3, 0.4) is 0 Å². The second kappa shape index (κ2) is 8.79. The highest BCUT2D eigenvalue weighted by Gasteiger charge is 2.31. The van der Waals surface area contributed by atoms with Gasteiger partial charge < -0.3 is 5.11 Å². The molecule has 1 aromatic carbocycles. The summed E-state index contributed by atoms with van der Waals surface area (Å²) in [6.07, 6.45) is 13.2. The lowest BCUT2D eigenvalue weighted by Crippen LogP contribution is -2.25. The number of aliphatic carboxylic acids is 1. The summed E-state index contributed by atoms with van der Waals surface area (Å²) in [5, 5.41) is 8.70. The van der Waals surface area contributed by atoms with Gasteiger partial charge in [0, 0.05) is 0 Å². The molecule has 1 N–H and O–H groups in total. The molecule has 0 aliphatic heterocycles. The van der Waals surface area contributed by atoms with Crippen LogP contribution in [0.25, 0.3) is 0 Å². The van der Waals surface area contributed by atoms with Gasteiger partial charge in [0.15, 0.2) is 11.6 Å². The van der Waals surface area contributed by atoms with Gasteiger partial charge in [-0.1, -0.05) is 18.2 Å². The molecule has 2 aliphatic rings. The van der Waals surface area contributed by atoms with Gasteiger partial charge in [-0.3, -0.25) is 4.79 Å². The molecule has 4 heteroatoms. The standard InChI is InChI=1S/C22H28F2O2/c23-20-13-12-19(14-21(20)24)18-10-8-17(9-11-18)16-6-4-15(5-7-16)2-1-3-22(25)26/h1-2,12-18H,3-11H2,(H,25,26)/t15-,16-,17-,18-. The maximum Gasteiger partial charge on any atom is 0.307 e. The van der Waals surface area contributed by atoms with Gasteiger partial charge in [-0.15, -0.1) is 0 Å². The van der Waals surface area contributed by atoms with Crippen molar-refractivity contribution in [3.63, 3.8) is 0 Å². The van der Waals surface area contributed by atoms with Crippen LogP contribution >= 0.6 is 0 Å². The van der Waals surface area contributed by atoms with Crippen molar-refractivity contribution in [2.45, 2.75) is 63.7 Å². The Morgan fingerprint density at radius 1 is 0.962 bits per heavy atom. The molecule has 142 valence electrons. The predicted octanol–water partition coefficient (Wildman–Crippen LogP) is 6.08. The molecule has 0 bridgehead atoms. The Kier molecular flexibility index (Phi) is 6.44. The van der Waals surface area contributed by atoms with Crippen molar-refractivity contribution < 1.29 is 18.7 Å². The molecular formula is C22H28F2O2. The van der Waals surface area contributed by atoms with Crippen LogP contribution in [-0.4, -0.2) is 11.1 Å². The van der Waals surface area contributed by atoms with Crippen molar-refractivity contribution in [1.29, 1.82) is 0 Å². The first-order valence-corrected chi connectivity index (χ1v) is 9.86. The maximum atomic E-state index is 13.5. The van der Waals surface area contributed by atoms with Crippen molar-refractivity contribution in [3.8, 4) is 0 Å². The number of hydrogen-bond donors (Lipinski definition) is 1. The van der Waals surface area contributed by atoms with E-state index in [2.05, 4.69) is 6.08 Å². The van der Waals surface area contributed by atoms with E-state index in [0.29, 0.717) is 11.8 Å². The van der Waals surface area contributed by atoms with E-state index < -0.39 is 17.6 Å². The molecule has 0 saturated heterocycles. The zero-order chi connectivity index (χ0) is 18.5. The van der Waals surface area contributed by atoms with Crippen molar-refractivity contribution in [1.82, 2.24) is 0 Å². The van der Waals surface area contributed by atoms with Crippen LogP contribution in [-0.2, 0) is 4.79 Å². The lowest BCUT2D eigenvalue weighted by atomic mass is 9.68. The number of halogens is 2. The van der Waals surface area contributed by atoms with E-state index in [1.807, 2.05) is 0 Å². The number of hydrogen-bond acceptors (Lipinski definition) is 1. The molecule has 0 radical (unpaired) electrons. The minimum atomic E-state index is -0.771. The zero-order valence-corrected chi connectivity index (χ0v) is 15.2. The molecule has 0 aromatic heterocycles. The Balaban J connectivity index is 1.45. The van der Waals surface area contributed by atoms with Crippen molar-refractivity contribution in [2.24, 2.45) is 17.8 Å². The summed E-state index contributed by atoms with van der Waals surface area (Å²) in [5.74, 6) is 0.134. The van der Waals surface area contributed by atoms with Crippen LogP contribution in [0.4, 0.5) is 8.78 Å². The topological polar surface area (TPSA) is 37.3 Å². The molecule has 0 unspecified atom stereocenters. The second-order valence-corrected chi connectivity index (χ2v) is 7.99. The molecule has 0 atom stereocenters. The van der Waals surface area contributed by atoms with Crippen LogP contribution in [0.2, 0.25) is 0 Å². The van der Waals surface area contributed by atoms with Crippen LogP contribution in [0, 0.1) is 29.4 Å². The average Bonchev–Trinajstić information content (AvgIpc) is 2.64. The largest absolute Gasteiger partial charge is 0.481 e.